The van der Waals surface area contributed by atoms with Gasteiger partial charge in [-0.25, -0.2) is 4.68 Å². The molecule has 1 aromatic heterocycles. The molecule has 1 aliphatic heterocycles. The minimum Gasteiger partial charge on any atom is -0.497 e. The van der Waals surface area contributed by atoms with Crippen LogP contribution in [0.5, 0.6) is 5.75 Å². The van der Waals surface area contributed by atoms with Gasteiger partial charge in [-0.1, -0.05) is 23.7 Å². The van der Waals surface area contributed by atoms with Gasteiger partial charge in [-0.05, 0) is 42.0 Å². The van der Waals surface area contributed by atoms with Gasteiger partial charge >= 0.3 is 0 Å². The van der Waals surface area contributed by atoms with Gasteiger partial charge in [0.2, 0.25) is 11.8 Å². The highest BCUT2D eigenvalue weighted by Crippen LogP contribution is 2.29. The molecule has 3 aromatic rings. The number of rotatable bonds is 6. The van der Waals surface area contributed by atoms with E-state index in [1.807, 2.05) is 42.5 Å². The number of carbonyl (C=O) groups is 2. The van der Waals surface area contributed by atoms with Gasteiger partial charge in [-0.2, -0.15) is 5.10 Å². The fourth-order valence-electron chi connectivity index (χ4n) is 3.33. The lowest BCUT2D eigenvalue weighted by Gasteiger charge is -2.26. The predicted molar refractivity (Wildman–Crippen MR) is 114 cm³/mol. The van der Waals surface area contributed by atoms with Crippen LogP contribution in [0.25, 0.3) is 11.3 Å². The van der Waals surface area contributed by atoms with E-state index < -0.39 is 0 Å². The fraction of sp³-hybridized carbons (Fsp3) is 0.227. The molecule has 0 radical (unpaired) electrons. The summed E-state index contributed by atoms with van der Waals surface area (Å²) in [7, 11) is 1.62. The lowest BCUT2D eigenvalue weighted by atomic mass is 10.1. The first kappa shape index (κ1) is 20.0. The largest absolute Gasteiger partial charge is 0.497 e. The molecule has 30 heavy (non-hydrogen) atoms. The average molecular weight is 425 g/mol. The van der Waals surface area contributed by atoms with Crippen molar-refractivity contribution in [2.45, 2.75) is 19.5 Å². The number of carbonyl (C=O) groups excluding carboxylic acids is 2. The van der Waals surface area contributed by atoms with Crippen molar-refractivity contribution >= 4 is 29.2 Å². The number of ether oxygens (including phenoxy) is 1. The molecule has 7 nitrogen and oxygen atoms in total. The molecule has 0 bridgehead atoms. The van der Waals surface area contributed by atoms with E-state index in [1.54, 1.807) is 23.9 Å². The van der Waals surface area contributed by atoms with E-state index in [2.05, 4.69) is 10.4 Å². The molecule has 8 heteroatoms. The molecule has 0 saturated heterocycles. The van der Waals surface area contributed by atoms with Crippen molar-refractivity contribution in [3.8, 4) is 17.0 Å². The van der Waals surface area contributed by atoms with Crippen molar-refractivity contribution < 1.29 is 14.3 Å². The van der Waals surface area contributed by atoms with E-state index in [0.29, 0.717) is 30.4 Å². The second-order valence-corrected chi connectivity index (χ2v) is 7.41. The zero-order chi connectivity index (χ0) is 21.1. The van der Waals surface area contributed by atoms with Gasteiger partial charge in [-0.15, -0.1) is 0 Å². The van der Waals surface area contributed by atoms with Crippen molar-refractivity contribution in [3.63, 3.8) is 0 Å². The molecular weight excluding hydrogens is 404 g/mol. The van der Waals surface area contributed by atoms with E-state index in [9.17, 15) is 9.59 Å². The quantitative estimate of drug-likeness (QED) is 0.659. The molecule has 154 valence electrons. The van der Waals surface area contributed by atoms with Crippen LogP contribution in [0.2, 0.25) is 5.02 Å². The predicted octanol–water partition coefficient (Wildman–Crippen LogP) is 3.27. The van der Waals surface area contributed by atoms with E-state index in [1.165, 1.54) is 4.90 Å². The number of halogens is 1. The highest BCUT2D eigenvalue weighted by atomic mass is 35.5. The summed E-state index contributed by atoms with van der Waals surface area (Å²) >= 11 is 5.88. The van der Waals surface area contributed by atoms with Gasteiger partial charge in [0.15, 0.2) is 0 Å². The zero-order valence-corrected chi connectivity index (χ0v) is 17.2. The fourth-order valence-corrected chi connectivity index (χ4v) is 3.45. The van der Waals surface area contributed by atoms with Crippen molar-refractivity contribution in [3.05, 3.63) is 65.2 Å². The van der Waals surface area contributed by atoms with E-state index in [-0.39, 0.29) is 18.4 Å². The lowest BCUT2D eigenvalue weighted by Crippen LogP contribution is -2.44. The molecule has 0 saturated carbocycles. The van der Waals surface area contributed by atoms with Crippen LogP contribution < -0.4 is 15.0 Å². The molecule has 2 heterocycles. The summed E-state index contributed by atoms with van der Waals surface area (Å²) in [5, 5.41) is 8.10. The van der Waals surface area contributed by atoms with Crippen LogP contribution in [-0.2, 0) is 22.7 Å². The smallest absolute Gasteiger partial charge is 0.240 e. The molecule has 0 unspecified atom stereocenters. The summed E-state index contributed by atoms with van der Waals surface area (Å²) in [6, 6.07) is 16.6. The molecule has 0 atom stereocenters. The Morgan fingerprint density at radius 1 is 1.17 bits per heavy atom. The Morgan fingerprint density at radius 3 is 2.60 bits per heavy atom. The van der Waals surface area contributed by atoms with Crippen molar-refractivity contribution in [2.24, 2.45) is 0 Å². The van der Waals surface area contributed by atoms with Crippen LogP contribution in [0, 0.1) is 0 Å². The lowest BCUT2D eigenvalue weighted by molar-refractivity contribution is -0.124. The molecule has 2 aromatic carbocycles. The third-order valence-electron chi connectivity index (χ3n) is 4.96. The number of nitrogens with one attached hydrogen (secondary N) is 1. The number of fused-ring (bicyclic) bond motifs is 1. The maximum absolute atomic E-state index is 12.5. The Kier molecular flexibility index (Phi) is 5.72. The molecular formula is C22H21ClN4O3. The Morgan fingerprint density at radius 2 is 1.90 bits per heavy atom. The summed E-state index contributed by atoms with van der Waals surface area (Å²) in [4.78, 5) is 26.5. The van der Waals surface area contributed by atoms with Crippen LogP contribution in [-0.4, -0.2) is 35.2 Å². The number of aromatic nitrogens is 2. The monoisotopic (exact) mass is 424 g/mol. The number of anilines is 1. The van der Waals surface area contributed by atoms with Gasteiger partial charge in [-0.3, -0.25) is 14.5 Å². The summed E-state index contributed by atoms with van der Waals surface area (Å²) < 4.78 is 6.96. The van der Waals surface area contributed by atoms with Crippen molar-refractivity contribution in [1.82, 2.24) is 15.1 Å². The summed E-state index contributed by atoms with van der Waals surface area (Å²) in [6.07, 6.45) is 0.307. The molecule has 0 aliphatic carbocycles. The maximum atomic E-state index is 12.5. The minimum atomic E-state index is -0.237. The van der Waals surface area contributed by atoms with Crippen LogP contribution in [0.1, 0.15) is 12.0 Å². The zero-order valence-electron chi connectivity index (χ0n) is 16.5. The number of nitrogens with zero attached hydrogens (tertiary/aromatic N) is 3. The third kappa shape index (κ3) is 4.31. The van der Waals surface area contributed by atoms with Crippen LogP contribution in [0.4, 0.5) is 5.82 Å². The summed E-state index contributed by atoms with van der Waals surface area (Å²) in [5.41, 5.74) is 2.59. The molecule has 1 N–H and O–H groups in total. The molecule has 4 rings (SSSR count). The summed E-state index contributed by atoms with van der Waals surface area (Å²) in [5.74, 6) is 1.06. The third-order valence-corrected chi connectivity index (χ3v) is 5.22. The first-order chi connectivity index (χ1) is 14.5. The van der Waals surface area contributed by atoms with Crippen molar-refractivity contribution in [2.75, 3.05) is 18.6 Å². The Balaban J connectivity index is 1.47. The van der Waals surface area contributed by atoms with Gasteiger partial charge < -0.3 is 10.1 Å². The normalized spacial score (nSPS) is 13.1. The number of methoxy groups -OCH3 is 1. The van der Waals surface area contributed by atoms with Gasteiger partial charge in [0.05, 0.1) is 19.3 Å². The highest BCUT2D eigenvalue weighted by Gasteiger charge is 2.28. The Bertz CT molecular complexity index is 1060. The number of hydrogen-bond acceptors (Lipinski definition) is 4. The van der Waals surface area contributed by atoms with E-state index >= 15 is 0 Å². The van der Waals surface area contributed by atoms with Crippen molar-refractivity contribution in [1.29, 1.82) is 0 Å². The maximum Gasteiger partial charge on any atom is 0.240 e. The topological polar surface area (TPSA) is 76.5 Å². The summed E-state index contributed by atoms with van der Waals surface area (Å²) in [6.45, 7) is 0.807. The second-order valence-electron chi connectivity index (χ2n) is 6.97. The molecule has 0 spiro atoms. The first-order valence-electron chi connectivity index (χ1n) is 9.57. The Hall–Kier alpha value is -3.32. The van der Waals surface area contributed by atoms with Gasteiger partial charge in [0.1, 0.15) is 18.1 Å². The average Bonchev–Trinajstić information content (AvgIpc) is 3.20. The molecule has 1 aliphatic rings. The SMILES string of the molecule is COc1ccc(-c2cc3n(n2)CCC(=O)N3CC(=O)NCc2ccc(Cl)cc2)cc1. The number of benzene rings is 2. The highest BCUT2D eigenvalue weighted by molar-refractivity contribution is 6.30. The van der Waals surface area contributed by atoms with Crippen LogP contribution in [0.3, 0.4) is 0 Å². The number of amides is 2. The molecule has 2 amide bonds. The van der Waals surface area contributed by atoms with E-state index in [4.69, 9.17) is 16.3 Å². The molecule has 0 fully saturated rings. The first-order valence-corrected chi connectivity index (χ1v) is 9.95. The van der Waals surface area contributed by atoms with E-state index in [0.717, 1.165) is 22.6 Å². The van der Waals surface area contributed by atoms with Gasteiger partial charge in [0, 0.05) is 29.6 Å². The van der Waals surface area contributed by atoms with Gasteiger partial charge in [0.25, 0.3) is 0 Å². The number of hydrogen-bond donors (Lipinski definition) is 1. The van der Waals surface area contributed by atoms with Crippen LogP contribution in [0.15, 0.2) is 54.6 Å². The number of aryl methyl sites for hydroxylation is 1. The van der Waals surface area contributed by atoms with Crippen LogP contribution >= 0.6 is 11.6 Å². The second kappa shape index (κ2) is 8.59. The Labute approximate surface area is 179 Å². The minimum absolute atomic E-state index is 0.0554. The standard InChI is InChI=1S/C22H21ClN4O3/c1-30-18-8-4-16(5-9-18)19-12-21-26(22(29)10-11-27(21)25-19)14-20(28)24-13-15-2-6-17(23)7-3-15/h2-9,12H,10-11,13-14H2,1H3,(H,24,28).